The maximum absolute atomic E-state index is 6.20. The summed E-state index contributed by atoms with van der Waals surface area (Å²) >= 11 is 21.1. The fourth-order valence-corrected chi connectivity index (χ4v) is 4.88. The molecule has 1 aromatic carbocycles. The number of aryl methyl sites for hydroxylation is 1. The molecule has 1 heterocycles. The Kier molecular flexibility index (Phi) is 4.59. The van der Waals surface area contributed by atoms with Crippen molar-refractivity contribution in [3.8, 4) is 0 Å². The second-order valence-electron chi connectivity index (χ2n) is 3.59. The summed E-state index contributed by atoms with van der Waals surface area (Å²) in [6.45, 7) is 2.09. The van der Waals surface area contributed by atoms with Gasteiger partial charge in [-0.3, -0.25) is 0 Å². The van der Waals surface area contributed by atoms with E-state index in [1.54, 1.807) is 17.4 Å². The fraction of sp³-hybridized carbons (Fsp3) is 0.167. The van der Waals surface area contributed by atoms with Gasteiger partial charge in [0, 0.05) is 14.9 Å². The van der Waals surface area contributed by atoms with Gasteiger partial charge in [0.15, 0.2) is 0 Å². The SMILES string of the molecule is Cc1sc(Br)cc1C(Br)c1cc(Cl)ccc1Cl. The van der Waals surface area contributed by atoms with Crippen LogP contribution in [0.2, 0.25) is 10.0 Å². The van der Waals surface area contributed by atoms with Crippen LogP contribution in [0.25, 0.3) is 0 Å². The van der Waals surface area contributed by atoms with Crippen LogP contribution in [0.5, 0.6) is 0 Å². The van der Waals surface area contributed by atoms with E-state index < -0.39 is 0 Å². The molecule has 90 valence electrons. The average Bonchev–Trinajstić information content (AvgIpc) is 2.60. The molecule has 0 bridgehead atoms. The summed E-state index contributed by atoms with van der Waals surface area (Å²) in [6.07, 6.45) is 0. The van der Waals surface area contributed by atoms with Gasteiger partial charge in [-0.25, -0.2) is 0 Å². The monoisotopic (exact) mass is 412 g/mol. The van der Waals surface area contributed by atoms with Gasteiger partial charge in [-0.15, -0.1) is 11.3 Å². The molecule has 0 saturated carbocycles. The van der Waals surface area contributed by atoms with Gasteiger partial charge in [-0.1, -0.05) is 39.1 Å². The van der Waals surface area contributed by atoms with E-state index in [-0.39, 0.29) is 4.83 Å². The predicted molar refractivity (Wildman–Crippen MR) is 84.0 cm³/mol. The molecule has 1 aromatic heterocycles. The highest BCUT2D eigenvalue weighted by molar-refractivity contribution is 9.11. The molecule has 1 unspecified atom stereocenters. The van der Waals surface area contributed by atoms with Gasteiger partial charge in [0.1, 0.15) is 0 Å². The molecule has 5 heteroatoms. The number of hydrogen-bond donors (Lipinski definition) is 0. The van der Waals surface area contributed by atoms with Crippen LogP contribution in [0.4, 0.5) is 0 Å². The van der Waals surface area contributed by atoms with Crippen LogP contribution >= 0.6 is 66.4 Å². The first kappa shape index (κ1) is 13.9. The molecule has 0 nitrogen and oxygen atoms in total. The molecule has 2 rings (SSSR count). The van der Waals surface area contributed by atoms with E-state index in [0.29, 0.717) is 5.02 Å². The smallest absolute Gasteiger partial charge is 0.0704 e. The van der Waals surface area contributed by atoms with Gasteiger partial charge in [-0.2, -0.15) is 0 Å². The first-order chi connectivity index (χ1) is 7.99. The highest BCUT2D eigenvalue weighted by Gasteiger charge is 2.18. The summed E-state index contributed by atoms with van der Waals surface area (Å²) in [5.41, 5.74) is 2.21. The molecule has 0 N–H and O–H groups in total. The third-order valence-corrected chi connectivity index (χ3v) is 5.57. The third kappa shape index (κ3) is 3.07. The minimum absolute atomic E-state index is 0.0660. The first-order valence-corrected chi connectivity index (χ1v) is 8.12. The van der Waals surface area contributed by atoms with Crippen molar-refractivity contribution in [2.75, 3.05) is 0 Å². The van der Waals surface area contributed by atoms with Crippen LogP contribution in [0, 0.1) is 6.92 Å². The number of rotatable bonds is 2. The van der Waals surface area contributed by atoms with Crippen LogP contribution in [-0.4, -0.2) is 0 Å². The minimum atomic E-state index is 0.0660. The van der Waals surface area contributed by atoms with E-state index in [1.165, 1.54) is 10.4 Å². The number of alkyl halides is 1. The fourth-order valence-electron chi connectivity index (χ4n) is 1.59. The van der Waals surface area contributed by atoms with E-state index >= 15 is 0 Å². The summed E-state index contributed by atoms with van der Waals surface area (Å²) in [7, 11) is 0. The summed E-state index contributed by atoms with van der Waals surface area (Å²) in [6, 6.07) is 7.62. The summed E-state index contributed by atoms with van der Waals surface area (Å²) in [5.74, 6) is 0. The van der Waals surface area contributed by atoms with Crippen LogP contribution in [0.1, 0.15) is 20.8 Å². The van der Waals surface area contributed by atoms with E-state index in [0.717, 1.165) is 14.4 Å². The molecule has 17 heavy (non-hydrogen) atoms. The third-order valence-electron chi connectivity index (χ3n) is 2.43. The van der Waals surface area contributed by atoms with Gasteiger partial charge in [0.25, 0.3) is 0 Å². The van der Waals surface area contributed by atoms with Crippen LogP contribution in [-0.2, 0) is 0 Å². The topological polar surface area (TPSA) is 0 Å². The van der Waals surface area contributed by atoms with Crippen molar-refractivity contribution in [1.82, 2.24) is 0 Å². The molecule has 0 radical (unpaired) electrons. The van der Waals surface area contributed by atoms with Gasteiger partial charge >= 0.3 is 0 Å². The Morgan fingerprint density at radius 2 is 1.88 bits per heavy atom. The Morgan fingerprint density at radius 1 is 1.18 bits per heavy atom. The van der Waals surface area contributed by atoms with Gasteiger partial charge in [0.2, 0.25) is 0 Å². The normalized spacial score (nSPS) is 12.8. The zero-order valence-electron chi connectivity index (χ0n) is 8.81. The summed E-state index contributed by atoms with van der Waals surface area (Å²) in [4.78, 5) is 1.33. The molecule has 0 spiro atoms. The van der Waals surface area contributed by atoms with Crippen molar-refractivity contribution in [2.45, 2.75) is 11.8 Å². The van der Waals surface area contributed by atoms with E-state index in [1.807, 2.05) is 12.1 Å². The quantitative estimate of drug-likeness (QED) is 0.485. The molecule has 1 atom stereocenters. The van der Waals surface area contributed by atoms with Gasteiger partial charge in [-0.05, 0) is 58.2 Å². The molecule has 0 aliphatic heterocycles. The van der Waals surface area contributed by atoms with E-state index in [2.05, 4.69) is 44.8 Å². The van der Waals surface area contributed by atoms with E-state index in [9.17, 15) is 0 Å². The van der Waals surface area contributed by atoms with Crippen molar-refractivity contribution in [1.29, 1.82) is 0 Å². The molecular weight excluding hydrogens is 407 g/mol. The zero-order chi connectivity index (χ0) is 12.6. The minimum Gasteiger partial charge on any atom is -0.133 e. The lowest BCUT2D eigenvalue weighted by Crippen LogP contribution is -1.93. The Morgan fingerprint density at radius 3 is 2.47 bits per heavy atom. The lowest BCUT2D eigenvalue weighted by Gasteiger charge is -2.12. The molecule has 0 aliphatic rings. The standard InChI is InChI=1S/C12H8Br2Cl2S/c1-6-8(5-11(13)17-6)12(14)9-4-7(15)2-3-10(9)16/h2-5,12H,1H3. The highest BCUT2D eigenvalue weighted by Crippen LogP contribution is 2.41. The lowest BCUT2D eigenvalue weighted by molar-refractivity contribution is 1.17. The number of hydrogen-bond acceptors (Lipinski definition) is 1. The average molecular weight is 415 g/mol. The number of benzene rings is 1. The lowest BCUT2D eigenvalue weighted by atomic mass is 10.1. The number of thiophene rings is 1. The van der Waals surface area contributed by atoms with Crippen molar-refractivity contribution in [3.63, 3.8) is 0 Å². The Balaban J connectivity index is 2.46. The van der Waals surface area contributed by atoms with Gasteiger partial charge < -0.3 is 0 Å². The Hall–Kier alpha value is 0.460. The van der Waals surface area contributed by atoms with Crippen LogP contribution in [0.15, 0.2) is 28.1 Å². The van der Waals surface area contributed by atoms with E-state index in [4.69, 9.17) is 23.2 Å². The zero-order valence-corrected chi connectivity index (χ0v) is 14.3. The molecule has 0 fully saturated rings. The second kappa shape index (κ2) is 5.62. The van der Waals surface area contributed by atoms with Crippen LogP contribution in [0.3, 0.4) is 0 Å². The van der Waals surface area contributed by atoms with Crippen molar-refractivity contribution in [2.24, 2.45) is 0 Å². The maximum atomic E-state index is 6.20. The summed E-state index contributed by atoms with van der Waals surface area (Å²) < 4.78 is 1.12. The molecular formula is C12H8Br2Cl2S. The van der Waals surface area contributed by atoms with Crippen LogP contribution < -0.4 is 0 Å². The van der Waals surface area contributed by atoms with Crippen molar-refractivity contribution < 1.29 is 0 Å². The second-order valence-corrected chi connectivity index (χ2v) is 7.99. The Labute approximate surface area is 131 Å². The highest BCUT2D eigenvalue weighted by atomic mass is 79.9. The van der Waals surface area contributed by atoms with Crippen molar-refractivity contribution in [3.05, 3.63) is 54.1 Å². The molecule has 0 aliphatic carbocycles. The maximum Gasteiger partial charge on any atom is 0.0704 e. The Bertz CT molecular complexity index is 551. The number of halogens is 4. The predicted octanol–water partition coefficient (Wildman–Crippen LogP) is 6.61. The summed E-state index contributed by atoms with van der Waals surface area (Å²) in [5, 5.41) is 1.42. The largest absolute Gasteiger partial charge is 0.133 e. The molecule has 0 saturated heterocycles. The van der Waals surface area contributed by atoms with Gasteiger partial charge in [0.05, 0.1) is 8.61 Å². The molecule has 2 aromatic rings. The first-order valence-electron chi connectivity index (χ1n) is 4.84. The molecule has 0 amide bonds. The van der Waals surface area contributed by atoms with Crippen molar-refractivity contribution >= 4 is 66.4 Å².